The SMILES string of the molecule is C[C@@H](Cc1ccccc1)C(O)C(=O)O.C[C@H](CCCN=C(N)N[N+](=O)[O-])C(=O)O.NC(=NCCC[C@H](NC(=O)C(CCCCCCCCN1C(=O)c2ccccc2C1=O)C1CCCC1)C(=O)N[C@@H](Cc1ccccc1)C(=O)C(=O)NCCNS(=O)(=O)c1ccccc1)N[N+](=O)[O-].NCCNS(=O)(=O)c1ccccc1.O=C(O)C(CCCCCCCCN1C(=O)c2ccccc2C1=O)C1CCCC1. The molecule has 746 valence electrons. The number of hydrogen-bond donors (Lipinski definition) is 14. The molecule has 41 heteroatoms. The number of aliphatic imine (C=N–C) groups is 2. The van der Waals surface area contributed by atoms with E-state index in [-0.39, 0.29) is 115 Å². The van der Waals surface area contributed by atoms with Gasteiger partial charge in [0.25, 0.3) is 41.5 Å². The van der Waals surface area contributed by atoms with Gasteiger partial charge in [-0.15, -0.1) is 0 Å². The zero-order chi connectivity index (χ0) is 100. The summed E-state index contributed by atoms with van der Waals surface area (Å²) >= 11 is 0. The number of nitrogens with zero attached hydrogens (tertiary/aromatic N) is 6. The van der Waals surface area contributed by atoms with Crippen molar-refractivity contribution in [3.63, 3.8) is 0 Å². The number of carbonyl (C=O) groups is 11. The van der Waals surface area contributed by atoms with Gasteiger partial charge < -0.3 is 53.6 Å². The second-order valence-electron chi connectivity index (χ2n) is 34.0. The topological polar surface area (TPSA) is 617 Å². The van der Waals surface area contributed by atoms with Gasteiger partial charge >= 0.3 is 17.9 Å². The van der Waals surface area contributed by atoms with Crippen molar-refractivity contribution >= 4 is 97.0 Å². The van der Waals surface area contributed by atoms with E-state index in [1.54, 1.807) is 152 Å². The molecule has 0 aromatic heterocycles. The van der Waals surface area contributed by atoms with E-state index in [4.69, 9.17) is 27.4 Å². The fourth-order valence-electron chi connectivity index (χ4n) is 16.3. The van der Waals surface area contributed by atoms with Gasteiger partial charge in [0.05, 0.1) is 43.9 Å². The van der Waals surface area contributed by atoms with E-state index in [0.717, 1.165) is 121 Å². The zero-order valence-corrected chi connectivity index (χ0v) is 79.2. The third-order valence-corrected chi connectivity index (χ3v) is 26.7. The van der Waals surface area contributed by atoms with Crippen molar-refractivity contribution in [1.82, 2.24) is 46.0 Å². The van der Waals surface area contributed by atoms with Crippen molar-refractivity contribution < 1.29 is 100 Å². The molecule has 6 aromatic rings. The van der Waals surface area contributed by atoms with Gasteiger partial charge in [-0.1, -0.05) is 236 Å². The largest absolute Gasteiger partial charge is 0.481 e. The maximum absolute atomic E-state index is 14.2. The number of aliphatic carboxylic acids is 3. The molecule has 2 fully saturated rings. The number of aliphatic hydroxyl groups is 1. The molecule has 2 aliphatic heterocycles. The maximum atomic E-state index is 14.2. The minimum absolute atomic E-state index is 0.0188. The highest BCUT2D eigenvalue weighted by molar-refractivity contribution is 7.89. The van der Waals surface area contributed by atoms with Crippen LogP contribution in [0.15, 0.2) is 190 Å². The monoisotopic (exact) mass is 1940 g/mol. The minimum Gasteiger partial charge on any atom is -0.481 e. The van der Waals surface area contributed by atoms with E-state index >= 15 is 0 Å². The van der Waals surface area contributed by atoms with Gasteiger partial charge in [0.1, 0.15) is 12.1 Å². The number of nitro groups is 2. The van der Waals surface area contributed by atoms with Crippen LogP contribution in [0.5, 0.6) is 0 Å². The van der Waals surface area contributed by atoms with Gasteiger partial charge in [-0.2, -0.15) is 0 Å². The number of carboxylic acid groups (broad SMARTS) is 3. The number of carbonyl (C=O) groups excluding carboxylic acids is 8. The van der Waals surface area contributed by atoms with E-state index in [1.165, 1.54) is 34.8 Å². The Morgan fingerprint density at radius 3 is 1.21 bits per heavy atom. The summed E-state index contributed by atoms with van der Waals surface area (Å²) in [7, 11) is -7.22. The number of ketones is 1. The Morgan fingerprint density at radius 2 is 0.810 bits per heavy atom. The van der Waals surface area contributed by atoms with Crippen LogP contribution in [0.4, 0.5) is 0 Å². The highest BCUT2D eigenvalue weighted by Crippen LogP contribution is 2.37. The molecule has 39 nitrogen and oxygen atoms in total. The quantitative estimate of drug-likeness (QED) is 0.00321. The Bertz CT molecular complexity index is 5120. The number of nitrogens with two attached hydrogens (primary N) is 3. The van der Waals surface area contributed by atoms with Crippen molar-refractivity contribution in [3.05, 3.63) is 223 Å². The number of nitrogens with one attached hydrogen (secondary N) is 7. The van der Waals surface area contributed by atoms with Crippen molar-refractivity contribution in [2.45, 2.75) is 222 Å². The first-order valence-corrected chi connectivity index (χ1v) is 49.5. The van der Waals surface area contributed by atoms with Gasteiger partial charge in [0.2, 0.25) is 37.6 Å². The molecule has 17 N–H and O–H groups in total. The molecule has 6 aromatic carbocycles. The summed E-state index contributed by atoms with van der Waals surface area (Å²) in [4.78, 5) is 169. The van der Waals surface area contributed by atoms with Crippen LogP contribution >= 0.6 is 0 Å². The highest BCUT2D eigenvalue weighted by Gasteiger charge is 2.39. The van der Waals surface area contributed by atoms with Crippen LogP contribution in [0.1, 0.15) is 233 Å². The number of aliphatic hydroxyl groups excluding tert-OH is 1. The van der Waals surface area contributed by atoms with E-state index in [9.17, 15) is 100 Å². The first-order chi connectivity index (χ1) is 65.5. The number of unbranched alkanes of at least 4 members (excludes halogenated alkanes) is 10. The van der Waals surface area contributed by atoms with Crippen molar-refractivity contribution in [1.29, 1.82) is 0 Å². The number of imide groups is 2. The van der Waals surface area contributed by atoms with Crippen LogP contribution in [0.25, 0.3) is 0 Å². The Hall–Kier alpha value is -12.8. The molecule has 7 amide bonds. The number of carboxylic acids is 3. The lowest BCUT2D eigenvalue weighted by molar-refractivity contribution is -0.525. The van der Waals surface area contributed by atoms with Crippen LogP contribution in [-0.4, -0.2) is 205 Å². The summed E-state index contributed by atoms with van der Waals surface area (Å²) in [5, 5.41) is 63.0. The van der Waals surface area contributed by atoms with E-state index in [1.807, 2.05) is 30.3 Å². The Balaban J connectivity index is 0.000000329. The summed E-state index contributed by atoms with van der Waals surface area (Å²) in [6, 6.07) is 45.4. The molecule has 0 bridgehead atoms. The van der Waals surface area contributed by atoms with E-state index in [0.29, 0.717) is 85.5 Å². The minimum atomic E-state index is -3.87. The van der Waals surface area contributed by atoms with Gasteiger partial charge in [0, 0.05) is 64.7 Å². The summed E-state index contributed by atoms with van der Waals surface area (Å²) < 4.78 is 52.9. The number of amides is 7. The average molecular weight is 1940 g/mol. The number of fused-ring (bicyclic) bond motifs is 2. The number of guanidine groups is 2. The normalized spacial score (nSPS) is 15.2. The smallest absolute Gasteiger partial charge is 0.332 e. The Labute approximate surface area is 799 Å². The van der Waals surface area contributed by atoms with Crippen molar-refractivity contribution in [2.24, 2.45) is 62.7 Å². The predicted octanol–water partition coefficient (Wildman–Crippen LogP) is 9.29. The van der Waals surface area contributed by atoms with Crippen LogP contribution in [-0.2, 0) is 66.4 Å². The lowest BCUT2D eigenvalue weighted by atomic mass is 9.85. The van der Waals surface area contributed by atoms with Crippen molar-refractivity contribution in [2.75, 3.05) is 52.4 Å². The number of benzene rings is 6. The Morgan fingerprint density at radius 1 is 0.445 bits per heavy atom. The van der Waals surface area contributed by atoms with Crippen LogP contribution in [0.2, 0.25) is 0 Å². The molecule has 0 radical (unpaired) electrons. The second kappa shape index (κ2) is 60.6. The zero-order valence-electron chi connectivity index (χ0n) is 77.6. The molecule has 7 atom stereocenters. The van der Waals surface area contributed by atoms with E-state index < -0.39 is 102 Å². The van der Waals surface area contributed by atoms with Gasteiger partial charge in [0.15, 0.2) is 16.2 Å². The summed E-state index contributed by atoms with van der Waals surface area (Å²) in [5.74, 6) is -8.05. The molecule has 2 aliphatic carbocycles. The van der Waals surface area contributed by atoms with Crippen molar-refractivity contribution in [3.8, 4) is 0 Å². The van der Waals surface area contributed by atoms with E-state index in [2.05, 4.69) is 35.4 Å². The number of Topliss-reactive ketones (excluding diaryl/α,β-unsaturated/α-hetero) is 1. The van der Waals surface area contributed by atoms with Gasteiger partial charge in [-0.25, -0.2) is 61.3 Å². The number of hydrogen-bond acceptors (Lipinski definition) is 23. The van der Waals surface area contributed by atoms with Gasteiger partial charge in [-0.05, 0) is 161 Å². The lowest BCUT2D eigenvalue weighted by Crippen LogP contribution is -2.55. The molecule has 0 spiro atoms. The average Bonchev–Trinajstić information content (AvgIpc) is 1.59. The van der Waals surface area contributed by atoms with Gasteiger partial charge in [-0.3, -0.25) is 57.7 Å². The van der Waals surface area contributed by atoms with Crippen LogP contribution in [0.3, 0.4) is 0 Å². The molecule has 2 heterocycles. The number of sulfonamides is 2. The summed E-state index contributed by atoms with van der Waals surface area (Å²) in [6.07, 6.45) is 20.9. The standard InChI is InChI=1S/C47H61N9O10S.C23H31NO4.C11H14O3.C8H12N2O2S.C7H14N4O4/c48-47(54-56(63)64)50-28-17-27-39(43(59)53-40(32-33-18-7-5-8-19-33)41(57)44(60)49-29-30-51-67(65,66)35-22-9-6-10-23-35)52-42(58)36(34-20-12-13-21-34)24-11-3-1-2-4-16-31-55-45(61)37-25-14-15-26-38(37)46(55)62;25-21-19-14-8-9-15-20(19)22(26)24(21)16-10-4-2-1-3-5-13-18(23(27)28)17-11-6-7-12-17;1-8(10(12)11(13)14)7-9-5-3-2-4-6-9;9-6-7-10-13(11,12)8-4-2-1-3-5-8;1-5(6(12)13)3-2-4-9-7(8)10-11(14)15/h5-10,14-15,18-19,22-23,25-26,34,36,39-40,51H,1-4,11-13,16-17,20-21,24,27-32H2,(H,49,60)(H,52,58)(H,53,59)(H3,48,50,54);8-9,14-15,17-18H,1-7,10-13,16H2,(H,27,28);2-6,8,10,12H,7H2,1H3,(H,13,14);1-5,10H,6-7,9H2;5H,2-4H2,1H3,(H,12,13)(H3,8,9,10)/t36?,39-,40-;;8-,10?;;5-/m0.0.1/s1. The molecule has 137 heavy (non-hydrogen) atoms. The molecule has 10 rings (SSSR count). The fraction of sp³-hybridized carbons (Fsp3) is 0.490. The summed E-state index contributed by atoms with van der Waals surface area (Å²) in [5.41, 5.74) is 22.9. The third-order valence-electron chi connectivity index (χ3n) is 23.7. The molecular formula is C96H132N16O23S2. The van der Waals surface area contributed by atoms with Crippen LogP contribution < -0.4 is 53.4 Å². The lowest BCUT2D eigenvalue weighted by Gasteiger charge is -2.27. The predicted molar refractivity (Wildman–Crippen MR) is 513 cm³/mol. The number of rotatable bonds is 53. The molecule has 2 saturated carbocycles. The highest BCUT2D eigenvalue weighted by atomic mass is 32.2. The number of hydrazine groups is 2. The fourth-order valence-corrected chi connectivity index (χ4v) is 18.4. The first-order valence-electron chi connectivity index (χ1n) is 46.5. The molecular weight excluding hydrogens is 1810 g/mol. The maximum Gasteiger partial charge on any atom is 0.332 e. The summed E-state index contributed by atoms with van der Waals surface area (Å²) in [6.45, 7) is 4.51. The molecule has 0 saturated heterocycles. The van der Waals surface area contributed by atoms with Crippen LogP contribution in [0, 0.1) is 55.7 Å². The second-order valence-corrected chi connectivity index (χ2v) is 37.5. The molecule has 4 aliphatic rings. The first kappa shape index (κ1) is 113. The third kappa shape index (κ3) is 40.2. The Kier molecular flexibility index (Phi) is 49.9. The molecule has 3 unspecified atom stereocenters.